The number of halogens is 1. The van der Waals surface area contributed by atoms with E-state index in [0.29, 0.717) is 12.6 Å². The van der Waals surface area contributed by atoms with Crippen LogP contribution in [0.25, 0.3) is 0 Å². The van der Waals surface area contributed by atoms with Gasteiger partial charge >= 0.3 is 0 Å². The van der Waals surface area contributed by atoms with Gasteiger partial charge in [0.2, 0.25) is 0 Å². The molecule has 0 amide bonds. The Morgan fingerprint density at radius 1 is 1.15 bits per heavy atom. The van der Waals surface area contributed by atoms with Gasteiger partial charge in [0.15, 0.2) is 5.96 Å². The third-order valence-corrected chi connectivity index (χ3v) is 6.14. The largest absolute Gasteiger partial charge is 0.497 e. The number of hydrogen-bond donors (Lipinski definition) is 2. The fourth-order valence-corrected chi connectivity index (χ4v) is 4.11. The van der Waals surface area contributed by atoms with E-state index in [0.717, 1.165) is 70.6 Å². The first-order chi connectivity index (χ1) is 15.6. The number of nitrogens with zero attached hydrogens (tertiary/aromatic N) is 3. The minimum atomic E-state index is 0. The van der Waals surface area contributed by atoms with E-state index in [1.807, 2.05) is 12.1 Å². The van der Waals surface area contributed by atoms with Gasteiger partial charge in [-0.15, -0.1) is 24.0 Å². The molecule has 1 aliphatic rings. The Morgan fingerprint density at radius 3 is 2.39 bits per heavy atom. The third kappa shape index (κ3) is 10.8. The second-order valence-corrected chi connectivity index (χ2v) is 8.37. The zero-order valence-corrected chi connectivity index (χ0v) is 23.6. The van der Waals surface area contributed by atoms with E-state index < -0.39 is 0 Å². The van der Waals surface area contributed by atoms with Crippen molar-refractivity contribution in [1.82, 2.24) is 20.4 Å². The Kier molecular flexibility index (Phi) is 15.7. The molecule has 0 bridgehead atoms. The van der Waals surface area contributed by atoms with Crippen molar-refractivity contribution in [1.29, 1.82) is 0 Å². The molecular weight excluding hydrogens is 529 g/mol. The number of methoxy groups -OCH3 is 1. The summed E-state index contributed by atoms with van der Waals surface area (Å²) in [6, 6.07) is 8.99. The van der Waals surface area contributed by atoms with Gasteiger partial charge in [0.05, 0.1) is 32.9 Å². The summed E-state index contributed by atoms with van der Waals surface area (Å²) in [6.45, 7) is 17.2. The van der Waals surface area contributed by atoms with Gasteiger partial charge in [0.25, 0.3) is 0 Å². The number of guanidine groups is 1. The third-order valence-electron chi connectivity index (χ3n) is 6.14. The SMILES string of the molecule is CCNC(=NCC(c1ccc(OC)cc1)N1CCOCC1)NC(C)CCCN(CC)CC.I. The van der Waals surface area contributed by atoms with Gasteiger partial charge in [-0.3, -0.25) is 9.89 Å². The fraction of sp³-hybridized carbons (Fsp3) is 0.720. The smallest absolute Gasteiger partial charge is 0.191 e. The first-order valence-electron chi connectivity index (χ1n) is 12.3. The first-order valence-corrected chi connectivity index (χ1v) is 12.3. The highest BCUT2D eigenvalue weighted by molar-refractivity contribution is 14.0. The predicted molar refractivity (Wildman–Crippen MR) is 149 cm³/mol. The molecule has 190 valence electrons. The maximum absolute atomic E-state index is 5.58. The summed E-state index contributed by atoms with van der Waals surface area (Å²) in [5.41, 5.74) is 1.26. The van der Waals surface area contributed by atoms with Crippen molar-refractivity contribution in [3.05, 3.63) is 29.8 Å². The molecule has 1 saturated heterocycles. The molecule has 8 heteroatoms. The van der Waals surface area contributed by atoms with Crippen molar-refractivity contribution in [3.8, 4) is 5.75 Å². The first kappa shape index (κ1) is 29.9. The number of morpholine rings is 1. The average Bonchev–Trinajstić information content (AvgIpc) is 2.83. The Balaban J connectivity index is 0.00000544. The zero-order valence-electron chi connectivity index (χ0n) is 21.3. The predicted octanol–water partition coefficient (Wildman–Crippen LogP) is 3.75. The molecule has 2 unspecified atom stereocenters. The van der Waals surface area contributed by atoms with Gasteiger partial charge in [0, 0.05) is 25.7 Å². The van der Waals surface area contributed by atoms with Crippen LogP contribution in [0.2, 0.25) is 0 Å². The van der Waals surface area contributed by atoms with E-state index in [9.17, 15) is 0 Å². The number of nitrogens with one attached hydrogen (secondary N) is 2. The van der Waals surface area contributed by atoms with Crippen molar-refractivity contribution in [2.24, 2.45) is 4.99 Å². The number of hydrogen-bond acceptors (Lipinski definition) is 5. The maximum atomic E-state index is 5.58. The Labute approximate surface area is 218 Å². The molecule has 2 rings (SSSR count). The van der Waals surface area contributed by atoms with Crippen LogP contribution in [0.5, 0.6) is 5.75 Å². The number of benzene rings is 1. The molecule has 1 fully saturated rings. The highest BCUT2D eigenvalue weighted by atomic mass is 127. The van der Waals surface area contributed by atoms with Gasteiger partial charge < -0.3 is 25.0 Å². The lowest BCUT2D eigenvalue weighted by atomic mass is 10.0. The molecule has 2 atom stereocenters. The van der Waals surface area contributed by atoms with E-state index in [1.54, 1.807) is 7.11 Å². The maximum Gasteiger partial charge on any atom is 0.191 e. The van der Waals surface area contributed by atoms with Crippen LogP contribution >= 0.6 is 24.0 Å². The summed E-state index contributed by atoms with van der Waals surface area (Å²) in [5.74, 6) is 1.78. The van der Waals surface area contributed by atoms with E-state index in [2.05, 4.69) is 60.3 Å². The molecule has 1 aliphatic heterocycles. The molecule has 0 saturated carbocycles. The van der Waals surface area contributed by atoms with Crippen LogP contribution in [0, 0.1) is 0 Å². The van der Waals surface area contributed by atoms with Crippen LogP contribution in [0.15, 0.2) is 29.3 Å². The molecule has 1 heterocycles. The quantitative estimate of drug-likeness (QED) is 0.212. The molecule has 1 aromatic rings. The minimum absolute atomic E-state index is 0. The van der Waals surface area contributed by atoms with Crippen LogP contribution in [0.3, 0.4) is 0 Å². The molecule has 1 aromatic carbocycles. The fourth-order valence-electron chi connectivity index (χ4n) is 4.11. The van der Waals surface area contributed by atoms with Gasteiger partial charge in [-0.1, -0.05) is 26.0 Å². The Morgan fingerprint density at radius 2 is 1.82 bits per heavy atom. The summed E-state index contributed by atoms with van der Waals surface area (Å²) in [5, 5.41) is 7.04. The highest BCUT2D eigenvalue weighted by Crippen LogP contribution is 2.24. The van der Waals surface area contributed by atoms with E-state index in [-0.39, 0.29) is 30.0 Å². The highest BCUT2D eigenvalue weighted by Gasteiger charge is 2.23. The topological polar surface area (TPSA) is 61.4 Å². The normalized spacial score (nSPS) is 16.7. The summed E-state index contributed by atoms with van der Waals surface area (Å²) in [7, 11) is 1.70. The summed E-state index contributed by atoms with van der Waals surface area (Å²) in [6.07, 6.45) is 2.32. The molecule has 2 N–H and O–H groups in total. The van der Waals surface area contributed by atoms with Crippen LogP contribution in [-0.2, 0) is 4.74 Å². The lowest BCUT2D eigenvalue weighted by molar-refractivity contribution is 0.0179. The zero-order chi connectivity index (χ0) is 23.2. The number of rotatable bonds is 13. The van der Waals surface area contributed by atoms with Crippen LogP contribution in [-0.4, -0.2) is 87.9 Å². The molecule has 0 aromatic heterocycles. The molecule has 0 radical (unpaired) electrons. The second kappa shape index (κ2) is 17.4. The minimum Gasteiger partial charge on any atom is -0.497 e. The molecule has 7 nitrogen and oxygen atoms in total. The van der Waals surface area contributed by atoms with Crippen LogP contribution in [0.1, 0.15) is 52.1 Å². The average molecular weight is 576 g/mol. The van der Waals surface area contributed by atoms with Gasteiger partial charge in [0.1, 0.15) is 5.75 Å². The van der Waals surface area contributed by atoms with Crippen molar-refractivity contribution >= 4 is 29.9 Å². The Hall–Kier alpha value is -1.10. The van der Waals surface area contributed by atoms with Crippen LogP contribution < -0.4 is 15.4 Å². The van der Waals surface area contributed by atoms with Crippen molar-refractivity contribution in [3.63, 3.8) is 0 Å². The monoisotopic (exact) mass is 575 g/mol. The van der Waals surface area contributed by atoms with E-state index in [4.69, 9.17) is 14.5 Å². The Bertz CT molecular complexity index is 649. The second-order valence-electron chi connectivity index (χ2n) is 8.37. The summed E-state index contributed by atoms with van der Waals surface area (Å²) < 4.78 is 10.9. The molecule has 0 spiro atoms. The van der Waals surface area contributed by atoms with Gasteiger partial charge in [-0.05, 0) is 64.0 Å². The van der Waals surface area contributed by atoms with Gasteiger partial charge in [-0.25, -0.2) is 0 Å². The van der Waals surface area contributed by atoms with E-state index in [1.165, 1.54) is 12.0 Å². The van der Waals surface area contributed by atoms with Gasteiger partial charge in [-0.2, -0.15) is 0 Å². The van der Waals surface area contributed by atoms with Crippen molar-refractivity contribution in [2.45, 2.75) is 52.6 Å². The van der Waals surface area contributed by atoms with Crippen molar-refractivity contribution < 1.29 is 9.47 Å². The molecule has 0 aliphatic carbocycles. The number of aliphatic imine (C=N–C) groups is 1. The summed E-state index contributed by atoms with van der Waals surface area (Å²) in [4.78, 5) is 9.95. The van der Waals surface area contributed by atoms with Crippen molar-refractivity contribution in [2.75, 3.05) is 66.1 Å². The van der Waals surface area contributed by atoms with Crippen LogP contribution in [0.4, 0.5) is 0 Å². The molecular formula is C25H46IN5O2. The lowest BCUT2D eigenvalue weighted by Crippen LogP contribution is -2.44. The summed E-state index contributed by atoms with van der Waals surface area (Å²) >= 11 is 0. The lowest BCUT2D eigenvalue weighted by Gasteiger charge is -2.34. The standard InChI is InChI=1S/C25H45N5O2.HI/c1-6-26-25(28-21(4)10-9-15-29(7-2)8-3)27-20-24(30-16-18-32-19-17-30)22-11-13-23(31-5)14-12-22;/h11-14,21,24H,6-10,15-20H2,1-5H3,(H2,26,27,28);1H. The molecule has 33 heavy (non-hydrogen) atoms. The van der Waals surface area contributed by atoms with E-state index >= 15 is 0 Å². The number of ether oxygens (including phenoxy) is 2.